The maximum absolute atomic E-state index is 12.9. The Kier molecular flexibility index (Phi) is 43.1. The molecule has 8 nitrogen and oxygen atoms in total. The molecule has 3 atom stereocenters. The van der Waals surface area contributed by atoms with Gasteiger partial charge >= 0.3 is 7.82 Å². The summed E-state index contributed by atoms with van der Waals surface area (Å²) in [5, 5.41) is 13.8. The largest absolute Gasteiger partial charge is 0.472 e. The third-order valence-corrected chi connectivity index (χ3v) is 12.2. The summed E-state index contributed by atoms with van der Waals surface area (Å²) in [6, 6.07) is -0.879. The van der Waals surface area contributed by atoms with E-state index >= 15 is 0 Å². The Morgan fingerprint density at radius 2 is 0.952 bits per heavy atom. The first-order chi connectivity index (χ1) is 30.0. The fourth-order valence-corrected chi connectivity index (χ4v) is 7.83. The van der Waals surface area contributed by atoms with Gasteiger partial charge in [0.15, 0.2) is 0 Å². The van der Waals surface area contributed by atoms with Crippen molar-refractivity contribution in [1.82, 2.24) is 5.32 Å². The van der Waals surface area contributed by atoms with Crippen molar-refractivity contribution in [2.24, 2.45) is 0 Å². The number of carbonyl (C=O) groups excluding carboxylic acids is 1. The lowest BCUT2D eigenvalue weighted by molar-refractivity contribution is -0.870. The standard InChI is InChI=1S/C53H99N2O6P/c1-6-8-10-12-14-16-18-20-22-23-24-25-26-27-28-29-30-31-32-33-34-36-38-40-42-44-46-52(56)51(50-61-62(58,59)60-49-48-55(3,4)5)54-53(57)47-45-43-41-39-37-35-21-19-17-15-13-11-9-7-2/h13,15,19,21,31-32,36,38,44,46,51-52,56H,6-12,14,16-18,20,22-30,33-35,37,39-43,45,47-50H2,1-5H3,(H-,54,57,58,59)/p+1/b15-13-,21-19-,32-31+,38-36+,46-44+. The minimum atomic E-state index is -4.36. The van der Waals surface area contributed by atoms with Crippen LogP contribution in [0.4, 0.5) is 0 Å². The summed E-state index contributed by atoms with van der Waals surface area (Å²) >= 11 is 0. The average molecular weight is 892 g/mol. The maximum atomic E-state index is 12.9. The van der Waals surface area contributed by atoms with Crippen LogP contribution in [-0.4, -0.2) is 73.4 Å². The van der Waals surface area contributed by atoms with Crippen molar-refractivity contribution in [3.05, 3.63) is 60.8 Å². The summed E-state index contributed by atoms with van der Waals surface area (Å²) in [6.07, 6.45) is 58.9. The average Bonchev–Trinajstić information content (AvgIpc) is 3.23. The zero-order valence-electron chi connectivity index (χ0n) is 41.1. The monoisotopic (exact) mass is 892 g/mol. The van der Waals surface area contributed by atoms with E-state index in [1.807, 2.05) is 27.2 Å². The molecule has 3 N–H and O–H groups in total. The molecule has 0 aliphatic heterocycles. The van der Waals surface area contributed by atoms with Crippen molar-refractivity contribution in [2.45, 2.75) is 231 Å². The van der Waals surface area contributed by atoms with E-state index in [0.717, 1.165) is 70.6 Å². The highest BCUT2D eigenvalue weighted by Gasteiger charge is 2.27. The van der Waals surface area contributed by atoms with Gasteiger partial charge in [0.05, 0.1) is 39.9 Å². The van der Waals surface area contributed by atoms with E-state index < -0.39 is 20.0 Å². The van der Waals surface area contributed by atoms with Crippen LogP contribution in [0.25, 0.3) is 0 Å². The Hall–Kier alpha value is -1.80. The first-order valence-corrected chi connectivity index (χ1v) is 27.2. The Morgan fingerprint density at radius 1 is 0.548 bits per heavy atom. The molecule has 62 heavy (non-hydrogen) atoms. The van der Waals surface area contributed by atoms with Crippen LogP contribution in [0, 0.1) is 0 Å². The Labute approximate surface area is 383 Å². The maximum Gasteiger partial charge on any atom is 0.472 e. The number of phosphoric acid groups is 1. The van der Waals surface area contributed by atoms with Gasteiger partial charge in [-0.15, -0.1) is 0 Å². The summed E-state index contributed by atoms with van der Waals surface area (Å²) in [7, 11) is 1.53. The van der Waals surface area contributed by atoms with Crippen molar-refractivity contribution in [3.8, 4) is 0 Å². The molecule has 0 saturated heterocycles. The second-order valence-electron chi connectivity index (χ2n) is 18.5. The predicted octanol–water partition coefficient (Wildman–Crippen LogP) is 15.0. The predicted molar refractivity (Wildman–Crippen MR) is 267 cm³/mol. The fraction of sp³-hybridized carbons (Fsp3) is 0.792. The number of amides is 1. The topological polar surface area (TPSA) is 105 Å². The number of nitrogens with one attached hydrogen (secondary N) is 1. The van der Waals surface area contributed by atoms with E-state index in [9.17, 15) is 19.4 Å². The third kappa shape index (κ3) is 46.2. The number of nitrogens with zero attached hydrogens (tertiary/aromatic N) is 1. The number of carbonyl (C=O) groups is 1. The van der Waals surface area contributed by atoms with Crippen molar-refractivity contribution in [2.75, 3.05) is 40.9 Å². The Morgan fingerprint density at radius 3 is 1.44 bits per heavy atom. The first-order valence-electron chi connectivity index (χ1n) is 25.7. The molecule has 0 radical (unpaired) electrons. The van der Waals surface area contributed by atoms with Gasteiger partial charge in [0.25, 0.3) is 0 Å². The van der Waals surface area contributed by atoms with Crippen LogP contribution >= 0.6 is 7.82 Å². The van der Waals surface area contributed by atoms with Crippen molar-refractivity contribution < 1.29 is 32.9 Å². The van der Waals surface area contributed by atoms with E-state index in [4.69, 9.17) is 9.05 Å². The molecule has 3 unspecified atom stereocenters. The second-order valence-corrected chi connectivity index (χ2v) is 20.0. The number of allylic oxidation sites excluding steroid dienone is 9. The zero-order valence-corrected chi connectivity index (χ0v) is 42.0. The van der Waals surface area contributed by atoms with Gasteiger partial charge in [0.1, 0.15) is 13.2 Å². The van der Waals surface area contributed by atoms with Crippen LogP contribution in [0.3, 0.4) is 0 Å². The molecule has 0 aliphatic carbocycles. The molecule has 9 heteroatoms. The van der Waals surface area contributed by atoms with Gasteiger partial charge in [-0.3, -0.25) is 13.8 Å². The molecule has 0 aliphatic rings. The number of hydrogen-bond acceptors (Lipinski definition) is 5. The van der Waals surface area contributed by atoms with Gasteiger partial charge in [-0.25, -0.2) is 4.57 Å². The fourth-order valence-electron chi connectivity index (χ4n) is 7.09. The van der Waals surface area contributed by atoms with Crippen LogP contribution in [0.5, 0.6) is 0 Å². The van der Waals surface area contributed by atoms with Gasteiger partial charge in [-0.2, -0.15) is 0 Å². The lowest BCUT2D eigenvalue weighted by atomic mass is 10.0. The van der Waals surface area contributed by atoms with Crippen LogP contribution in [0.1, 0.15) is 219 Å². The summed E-state index contributed by atoms with van der Waals surface area (Å²) in [6.45, 7) is 4.73. The van der Waals surface area contributed by atoms with Crippen LogP contribution < -0.4 is 5.32 Å². The van der Waals surface area contributed by atoms with Crippen LogP contribution in [0.15, 0.2) is 60.8 Å². The van der Waals surface area contributed by atoms with Gasteiger partial charge in [0, 0.05) is 6.42 Å². The lowest BCUT2D eigenvalue weighted by Crippen LogP contribution is -2.45. The molecule has 362 valence electrons. The number of likely N-dealkylation sites (N-methyl/N-ethyl adjacent to an activating group) is 1. The molecular weight excluding hydrogens is 792 g/mol. The number of aliphatic hydroxyl groups excluding tert-OH is 1. The minimum absolute atomic E-state index is 0.0485. The summed E-state index contributed by atoms with van der Waals surface area (Å²) in [4.78, 5) is 23.2. The molecule has 0 heterocycles. The molecule has 0 rings (SSSR count). The van der Waals surface area contributed by atoms with E-state index in [2.05, 4.69) is 67.8 Å². The summed E-state index contributed by atoms with van der Waals surface area (Å²) in [5.41, 5.74) is 0. The highest BCUT2D eigenvalue weighted by Crippen LogP contribution is 2.43. The van der Waals surface area contributed by atoms with Crippen molar-refractivity contribution >= 4 is 13.7 Å². The SMILES string of the molecule is CCCC/C=C\C/C=C\CCCCCCCC(=O)NC(COP(=O)(O)OCC[N+](C)(C)C)C(O)/C=C/CC/C=C/CC/C=C/CCCCCCCCCCCCCCCCCC. The number of rotatable bonds is 46. The molecular formula is C53H100N2O6P+. The number of aliphatic hydroxyl groups is 1. The normalized spacial score (nSPS) is 14.6. The highest BCUT2D eigenvalue weighted by atomic mass is 31.2. The zero-order chi connectivity index (χ0) is 45.7. The number of quaternary nitrogens is 1. The van der Waals surface area contributed by atoms with Crippen LogP contribution in [0.2, 0.25) is 0 Å². The van der Waals surface area contributed by atoms with E-state index in [1.54, 1.807) is 6.08 Å². The molecule has 0 spiro atoms. The van der Waals surface area contributed by atoms with Crippen LogP contribution in [-0.2, 0) is 18.4 Å². The lowest BCUT2D eigenvalue weighted by Gasteiger charge is -2.25. The van der Waals surface area contributed by atoms with Gasteiger partial charge < -0.3 is 19.8 Å². The summed E-state index contributed by atoms with van der Waals surface area (Å²) < 4.78 is 23.6. The first kappa shape index (κ1) is 60.2. The quantitative estimate of drug-likeness (QED) is 0.0243. The number of phosphoric ester groups is 1. The molecule has 0 aromatic heterocycles. The van der Waals surface area contributed by atoms with E-state index in [0.29, 0.717) is 17.4 Å². The van der Waals surface area contributed by atoms with Gasteiger partial charge in [-0.05, 0) is 70.6 Å². The molecule has 0 aromatic carbocycles. The summed E-state index contributed by atoms with van der Waals surface area (Å²) in [5.74, 6) is -0.207. The molecule has 1 amide bonds. The van der Waals surface area contributed by atoms with E-state index in [-0.39, 0.29) is 19.1 Å². The third-order valence-electron chi connectivity index (χ3n) is 11.2. The highest BCUT2D eigenvalue weighted by molar-refractivity contribution is 7.47. The smallest absolute Gasteiger partial charge is 0.387 e. The molecule has 0 aromatic rings. The minimum Gasteiger partial charge on any atom is -0.387 e. The van der Waals surface area contributed by atoms with Crippen molar-refractivity contribution in [1.29, 1.82) is 0 Å². The molecule has 0 saturated carbocycles. The molecule has 0 fully saturated rings. The van der Waals surface area contributed by atoms with Gasteiger partial charge in [0.2, 0.25) is 5.91 Å². The molecule has 0 bridgehead atoms. The van der Waals surface area contributed by atoms with E-state index in [1.165, 1.54) is 128 Å². The Bertz CT molecular complexity index is 1190. The number of unbranched alkanes of at least 4 members (excludes halogenated alkanes) is 25. The Balaban J connectivity index is 4.35. The van der Waals surface area contributed by atoms with Gasteiger partial charge in [-0.1, -0.05) is 203 Å². The second kappa shape index (κ2) is 44.4. The van der Waals surface area contributed by atoms with Crippen molar-refractivity contribution in [3.63, 3.8) is 0 Å². The number of hydrogen-bond donors (Lipinski definition) is 3.